The van der Waals surface area contributed by atoms with Crippen molar-refractivity contribution in [2.75, 3.05) is 38.5 Å². The number of hydrogen-bond acceptors (Lipinski definition) is 4. The summed E-state index contributed by atoms with van der Waals surface area (Å²) in [6, 6.07) is 14.2. The minimum absolute atomic E-state index is 0.0201. The van der Waals surface area contributed by atoms with Crippen LogP contribution >= 0.6 is 0 Å². The molecule has 0 aromatic heterocycles. The standard InChI is InChI=1S/C24H32N4O2/c1-4-19-5-7-20(8-6-19)16-25-17-21-13-22(15-23(14-21)26-18(2)29)24(30)28-11-9-27(3)10-12-28/h5-8,13-15,25H,4,9-12,16-17H2,1-3H3,(H,26,29). The van der Waals surface area contributed by atoms with Gasteiger partial charge in [0.2, 0.25) is 5.91 Å². The zero-order valence-corrected chi connectivity index (χ0v) is 18.2. The number of amides is 2. The summed E-state index contributed by atoms with van der Waals surface area (Å²) in [6.07, 6.45) is 1.04. The maximum Gasteiger partial charge on any atom is 0.254 e. The van der Waals surface area contributed by atoms with Crippen LogP contribution in [0.4, 0.5) is 5.69 Å². The Morgan fingerprint density at radius 1 is 0.900 bits per heavy atom. The van der Waals surface area contributed by atoms with Crippen LogP contribution in [0.1, 0.15) is 40.9 Å². The average molecular weight is 409 g/mol. The van der Waals surface area contributed by atoms with E-state index in [1.165, 1.54) is 18.1 Å². The van der Waals surface area contributed by atoms with E-state index in [2.05, 4.69) is 53.8 Å². The van der Waals surface area contributed by atoms with Crippen molar-refractivity contribution in [2.24, 2.45) is 0 Å². The zero-order valence-electron chi connectivity index (χ0n) is 18.2. The number of anilines is 1. The molecule has 2 amide bonds. The van der Waals surface area contributed by atoms with Crippen molar-refractivity contribution in [1.82, 2.24) is 15.1 Å². The average Bonchev–Trinajstić information content (AvgIpc) is 2.73. The Morgan fingerprint density at radius 2 is 1.53 bits per heavy atom. The number of carbonyl (C=O) groups excluding carboxylic acids is 2. The predicted molar refractivity (Wildman–Crippen MR) is 121 cm³/mol. The van der Waals surface area contributed by atoms with Gasteiger partial charge in [0.15, 0.2) is 0 Å². The van der Waals surface area contributed by atoms with E-state index in [1.54, 1.807) is 6.07 Å². The molecule has 2 aromatic rings. The van der Waals surface area contributed by atoms with Gasteiger partial charge in [-0.05, 0) is 48.4 Å². The molecule has 0 saturated carbocycles. The summed E-state index contributed by atoms with van der Waals surface area (Å²) in [6.45, 7) is 8.19. The van der Waals surface area contributed by atoms with E-state index in [-0.39, 0.29) is 11.8 Å². The summed E-state index contributed by atoms with van der Waals surface area (Å²) < 4.78 is 0. The predicted octanol–water partition coefficient (Wildman–Crippen LogP) is 2.88. The molecule has 2 N–H and O–H groups in total. The lowest BCUT2D eigenvalue weighted by atomic mass is 10.1. The van der Waals surface area contributed by atoms with Crippen molar-refractivity contribution in [2.45, 2.75) is 33.4 Å². The van der Waals surface area contributed by atoms with Crippen LogP contribution in [-0.2, 0) is 24.3 Å². The molecule has 3 rings (SSSR count). The minimum atomic E-state index is -0.144. The fourth-order valence-corrected chi connectivity index (χ4v) is 3.63. The molecule has 2 aromatic carbocycles. The van der Waals surface area contributed by atoms with E-state index in [9.17, 15) is 9.59 Å². The molecule has 0 aliphatic carbocycles. The monoisotopic (exact) mass is 408 g/mol. The van der Waals surface area contributed by atoms with Gasteiger partial charge in [0.05, 0.1) is 0 Å². The smallest absolute Gasteiger partial charge is 0.254 e. The molecule has 1 aliphatic heterocycles. The lowest BCUT2D eigenvalue weighted by Crippen LogP contribution is -2.47. The number of carbonyl (C=O) groups is 2. The molecule has 0 radical (unpaired) electrons. The Morgan fingerprint density at radius 3 is 2.17 bits per heavy atom. The Bertz CT molecular complexity index is 871. The second kappa shape index (κ2) is 10.4. The first-order chi connectivity index (χ1) is 14.4. The van der Waals surface area contributed by atoms with E-state index in [0.717, 1.165) is 44.7 Å². The first kappa shape index (κ1) is 22.0. The number of benzene rings is 2. The van der Waals surface area contributed by atoms with Crippen molar-refractivity contribution in [3.63, 3.8) is 0 Å². The molecule has 0 unspecified atom stereocenters. The fraction of sp³-hybridized carbons (Fsp3) is 0.417. The molecule has 6 nitrogen and oxygen atoms in total. The van der Waals surface area contributed by atoms with Gasteiger partial charge in [-0.3, -0.25) is 9.59 Å². The first-order valence-corrected chi connectivity index (χ1v) is 10.6. The van der Waals surface area contributed by atoms with Gasteiger partial charge in [-0.25, -0.2) is 0 Å². The number of aryl methyl sites for hydroxylation is 1. The van der Waals surface area contributed by atoms with Gasteiger partial charge in [0.1, 0.15) is 0 Å². The molecule has 30 heavy (non-hydrogen) atoms. The van der Waals surface area contributed by atoms with Crippen molar-refractivity contribution in [3.8, 4) is 0 Å². The Balaban J connectivity index is 1.69. The lowest BCUT2D eigenvalue weighted by molar-refractivity contribution is -0.114. The molecule has 0 spiro atoms. The molecular weight excluding hydrogens is 376 g/mol. The third-order valence-corrected chi connectivity index (χ3v) is 5.44. The molecule has 6 heteroatoms. The zero-order chi connectivity index (χ0) is 21.5. The largest absolute Gasteiger partial charge is 0.336 e. The molecular formula is C24H32N4O2. The molecule has 1 saturated heterocycles. The third kappa shape index (κ3) is 6.15. The van der Waals surface area contributed by atoms with E-state index in [0.29, 0.717) is 17.8 Å². The first-order valence-electron chi connectivity index (χ1n) is 10.6. The molecule has 0 bridgehead atoms. The summed E-state index contributed by atoms with van der Waals surface area (Å²) >= 11 is 0. The SMILES string of the molecule is CCc1ccc(CNCc2cc(NC(C)=O)cc(C(=O)N3CCN(C)CC3)c2)cc1. The van der Waals surface area contributed by atoms with Crippen LogP contribution in [0.5, 0.6) is 0 Å². The summed E-state index contributed by atoms with van der Waals surface area (Å²) in [5.74, 6) is -0.124. The molecule has 1 heterocycles. The highest BCUT2D eigenvalue weighted by molar-refractivity contribution is 5.97. The summed E-state index contributed by atoms with van der Waals surface area (Å²) in [5.41, 5.74) is 4.80. The number of piperazine rings is 1. The van der Waals surface area contributed by atoms with E-state index < -0.39 is 0 Å². The van der Waals surface area contributed by atoms with Gasteiger partial charge in [0.25, 0.3) is 5.91 Å². The van der Waals surface area contributed by atoms with E-state index in [1.807, 2.05) is 17.0 Å². The third-order valence-electron chi connectivity index (χ3n) is 5.44. The van der Waals surface area contributed by atoms with Crippen LogP contribution in [0.2, 0.25) is 0 Å². The van der Waals surface area contributed by atoms with Crippen LogP contribution in [0.25, 0.3) is 0 Å². The summed E-state index contributed by atoms with van der Waals surface area (Å²) in [4.78, 5) is 28.7. The van der Waals surface area contributed by atoms with Gasteiger partial charge in [-0.2, -0.15) is 0 Å². The number of likely N-dealkylation sites (N-methyl/N-ethyl adjacent to an activating group) is 1. The van der Waals surface area contributed by atoms with Gasteiger partial charge < -0.3 is 20.4 Å². The van der Waals surface area contributed by atoms with E-state index >= 15 is 0 Å². The molecule has 160 valence electrons. The molecule has 0 atom stereocenters. The van der Waals surface area contributed by atoms with Gasteiger partial charge >= 0.3 is 0 Å². The van der Waals surface area contributed by atoms with E-state index in [4.69, 9.17) is 0 Å². The van der Waals surface area contributed by atoms with Crippen molar-refractivity contribution < 1.29 is 9.59 Å². The lowest BCUT2D eigenvalue weighted by Gasteiger charge is -2.32. The van der Waals surface area contributed by atoms with Crippen LogP contribution in [0.3, 0.4) is 0 Å². The number of nitrogens with zero attached hydrogens (tertiary/aromatic N) is 2. The summed E-state index contributed by atoms with van der Waals surface area (Å²) in [7, 11) is 2.07. The maximum absolute atomic E-state index is 13.0. The number of nitrogens with one attached hydrogen (secondary N) is 2. The van der Waals surface area contributed by atoms with Gasteiger partial charge in [-0.1, -0.05) is 31.2 Å². The second-order valence-electron chi connectivity index (χ2n) is 7.97. The fourth-order valence-electron chi connectivity index (χ4n) is 3.63. The highest BCUT2D eigenvalue weighted by Gasteiger charge is 2.21. The topological polar surface area (TPSA) is 64.7 Å². The van der Waals surface area contributed by atoms with Crippen molar-refractivity contribution in [1.29, 1.82) is 0 Å². The number of rotatable bonds is 7. The van der Waals surface area contributed by atoms with Crippen LogP contribution < -0.4 is 10.6 Å². The van der Waals surface area contributed by atoms with Gasteiger partial charge in [-0.15, -0.1) is 0 Å². The molecule has 1 aliphatic rings. The van der Waals surface area contributed by atoms with Crippen LogP contribution in [0.15, 0.2) is 42.5 Å². The second-order valence-corrected chi connectivity index (χ2v) is 7.97. The van der Waals surface area contributed by atoms with Crippen molar-refractivity contribution in [3.05, 3.63) is 64.7 Å². The Hall–Kier alpha value is -2.70. The Kier molecular flexibility index (Phi) is 7.60. The highest BCUT2D eigenvalue weighted by Crippen LogP contribution is 2.18. The molecule has 1 fully saturated rings. The summed E-state index contributed by atoms with van der Waals surface area (Å²) in [5, 5.41) is 6.27. The normalized spacial score (nSPS) is 14.6. The van der Waals surface area contributed by atoms with Crippen LogP contribution in [-0.4, -0.2) is 54.8 Å². The quantitative estimate of drug-likeness (QED) is 0.739. The highest BCUT2D eigenvalue weighted by atomic mass is 16.2. The Labute approximate surface area is 179 Å². The van der Waals surface area contributed by atoms with Gasteiger partial charge in [0, 0.05) is 57.4 Å². The maximum atomic E-state index is 13.0. The number of hydrogen-bond donors (Lipinski definition) is 2. The van der Waals surface area contributed by atoms with Crippen LogP contribution in [0, 0.1) is 0 Å². The minimum Gasteiger partial charge on any atom is -0.336 e. The van der Waals surface area contributed by atoms with Crippen molar-refractivity contribution >= 4 is 17.5 Å².